The second-order valence-corrected chi connectivity index (χ2v) is 29.7. The van der Waals surface area contributed by atoms with Gasteiger partial charge in [-0.25, -0.2) is 4.79 Å². The Morgan fingerprint density at radius 2 is 1.22 bits per heavy atom. The number of carbonyl (C=O) groups is 1. The average molecular weight is 535 g/mol. The van der Waals surface area contributed by atoms with Crippen LogP contribution in [0.5, 0.6) is 0 Å². The number of halogens is 3. The van der Waals surface area contributed by atoms with E-state index in [1.807, 2.05) is 0 Å². The van der Waals surface area contributed by atoms with Gasteiger partial charge in [-0.2, -0.15) is 0 Å². The first-order valence-electron chi connectivity index (χ1n) is 8.72. The van der Waals surface area contributed by atoms with Crippen LogP contribution in [0.25, 0.3) is 0 Å². The highest BCUT2D eigenvalue weighted by molar-refractivity contribution is 9.72. The molecule has 0 aromatic heterocycles. The molecule has 6 heteroatoms. The highest BCUT2D eigenvalue weighted by atomic mass is 80.0. The topological polar surface area (TPSA) is 26.3 Å². The largest absolute Gasteiger partial charge is 0.462 e. The fourth-order valence-electron chi connectivity index (χ4n) is 2.31. The molecule has 0 aliphatic heterocycles. The second-order valence-electron chi connectivity index (χ2n) is 6.17. The molecule has 0 radical (unpaired) electrons. The molecule has 0 saturated heterocycles. The van der Waals surface area contributed by atoms with Crippen molar-refractivity contribution in [2.75, 3.05) is 6.61 Å². The van der Waals surface area contributed by atoms with E-state index in [2.05, 4.69) is 52.5 Å². The van der Waals surface area contributed by atoms with Crippen molar-refractivity contribution >= 4 is 55.8 Å². The van der Waals surface area contributed by atoms with Crippen molar-refractivity contribution < 1.29 is 9.53 Å². The van der Waals surface area contributed by atoms with Gasteiger partial charge in [-0.15, -0.1) is 0 Å². The quantitative estimate of drug-likeness (QED) is 0.0713. The predicted molar refractivity (Wildman–Crippen MR) is 114 cm³/mol. The summed E-state index contributed by atoms with van der Waals surface area (Å²) in [6, 6.07) is 1.24. The van der Waals surface area contributed by atoms with Gasteiger partial charge >= 0.3 is 5.97 Å². The van der Waals surface area contributed by atoms with Crippen LogP contribution < -0.4 is 0 Å². The van der Waals surface area contributed by atoms with E-state index in [1.54, 1.807) is 6.92 Å². The van der Waals surface area contributed by atoms with Gasteiger partial charge in [-0.05, 0) is 19.4 Å². The fraction of sp³-hybridized carbons (Fsp3) is 0.824. The van der Waals surface area contributed by atoms with Crippen molar-refractivity contribution in [3.05, 3.63) is 12.2 Å². The van der Waals surface area contributed by atoms with E-state index < -0.39 is 3.93 Å². The lowest BCUT2D eigenvalue weighted by molar-refractivity contribution is -0.139. The molecule has 0 bridgehead atoms. The van der Waals surface area contributed by atoms with E-state index in [4.69, 9.17) is 4.74 Å². The Hall–Kier alpha value is 0.867. The van der Waals surface area contributed by atoms with Crippen LogP contribution in [0.1, 0.15) is 77.6 Å². The number of hydrogen-bond acceptors (Lipinski definition) is 2. The van der Waals surface area contributed by atoms with Crippen molar-refractivity contribution in [1.29, 1.82) is 0 Å². The summed E-state index contributed by atoms with van der Waals surface area (Å²) in [5, 5.41) is 0. The third-order valence-corrected chi connectivity index (χ3v) is 8.18. The van der Waals surface area contributed by atoms with E-state index >= 15 is 0 Å². The molecule has 0 N–H and O–H groups in total. The summed E-state index contributed by atoms with van der Waals surface area (Å²) >= 11 is 11.0. The van der Waals surface area contributed by atoms with E-state index in [1.165, 1.54) is 63.8 Å². The molecular weight excluding hydrogens is 504 g/mol. The van der Waals surface area contributed by atoms with Gasteiger partial charge in [0.1, 0.15) is 0 Å². The summed E-state index contributed by atoms with van der Waals surface area (Å²) in [6.45, 7) is 5.78. The first kappa shape index (κ1) is 23.9. The smallest absolute Gasteiger partial charge is 0.333 e. The SMILES string of the molecule is C=C(C)C(=O)OCCCCCCCCCCCCC[Si](Br)(Br)Br. The first-order chi connectivity index (χ1) is 10.8. The standard InChI is InChI=1S/C17H31Br3O2Si/c1-16(2)17(21)22-14-12-10-8-6-4-3-5-7-9-11-13-15-23(18,19)20/h1,3-15H2,2H3. The third-order valence-electron chi connectivity index (χ3n) is 3.69. The minimum Gasteiger partial charge on any atom is -0.462 e. The molecule has 2 nitrogen and oxygen atoms in total. The summed E-state index contributed by atoms with van der Waals surface area (Å²) in [4.78, 5) is 11.2. The minimum atomic E-state index is -1.36. The Bertz CT molecular complexity index is 330. The molecular formula is C17H31Br3O2Si. The summed E-state index contributed by atoms with van der Waals surface area (Å²) in [5.41, 5.74) is 0.484. The van der Waals surface area contributed by atoms with Crippen LogP contribution in [0, 0.1) is 0 Å². The Kier molecular flexibility index (Phi) is 15.7. The molecule has 0 aliphatic carbocycles. The molecule has 0 spiro atoms. The molecule has 0 atom stereocenters. The molecule has 0 aliphatic rings. The van der Waals surface area contributed by atoms with E-state index in [0.717, 1.165) is 12.8 Å². The van der Waals surface area contributed by atoms with Gasteiger partial charge in [0, 0.05) is 5.57 Å². The number of hydrogen-bond donors (Lipinski definition) is 0. The fourth-order valence-corrected chi connectivity index (χ4v) is 5.48. The first-order valence-corrected chi connectivity index (χ1v) is 17.7. The van der Waals surface area contributed by atoms with Crippen LogP contribution in [0.15, 0.2) is 12.2 Å². The molecule has 0 aromatic rings. The van der Waals surface area contributed by atoms with Crippen molar-refractivity contribution in [2.24, 2.45) is 0 Å². The van der Waals surface area contributed by atoms with Crippen LogP contribution in [0.3, 0.4) is 0 Å². The molecule has 23 heavy (non-hydrogen) atoms. The van der Waals surface area contributed by atoms with Crippen LogP contribution >= 0.6 is 45.9 Å². The lowest BCUT2D eigenvalue weighted by Gasteiger charge is -2.08. The van der Waals surface area contributed by atoms with Crippen LogP contribution in [-0.4, -0.2) is 16.5 Å². The molecule has 136 valence electrons. The molecule has 0 heterocycles. The maximum atomic E-state index is 11.2. The summed E-state index contributed by atoms with van der Waals surface area (Å²) < 4.78 is 3.71. The molecule has 0 fully saturated rings. The minimum absolute atomic E-state index is 0.263. The number of esters is 1. The van der Waals surface area contributed by atoms with Crippen molar-refractivity contribution in [1.82, 2.24) is 0 Å². The maximum absolute atomic E-state index is 11.2. The lowest BCUT2D eigenvalue weighted by atomic mass is 10.1. The summed E-state index contributed by atoms with van der Waals surface area (Å²) in [6.07, 6.45) is 14.1. The van der Waals surface area contributed by atoms with Crippen LogP contribution in [-0.2, 0) is 9.53 Å². The zero-order valence-corrected chi connectivity index (χ0v) is 20.1. The predicted octanol–water partition coefficient (Wildman–Crippen LogP) is 7.52. The highest BCUT2D eigenvalue weighted by Crippen LogP contribution is 2.33. The molecule has 0 saturated carbocycles. The van der Waals surface area contributed by atoms with Gasteiger partial charge < -0.3 is 4.74 Å². The van der Waals surface area contributed by atoms with Gasteiger partial charge in [-0.3, -0.25) is 0 Å². The Balaban J connectivity index is 3.14. The third kappa shape index (κ3) is 19.0. The van der Waals surface area contributed by atoms with Gasteiger partial charge in [0.25, 0.3) is 3.93 Å². The van der Waals surface area contributed by atoms with Gasteiger partial charge in [0.15, 0.2) is 0 Å². The zero-order valence-electron chi connectivity index (χ0n) is 14.3. The maximum Gasteiger partial charge on any atom is 0.333 e. The zero-order chi connectivity index (χ0) is 17.6. The van der Waals surface area contributed by atoms with Gasteiger partial charge in [-0.1, -0.05) is 117 Å². The summed E-state index contributed by atoms with van der Waals surface area (Å²) in [7, 11) is 0. The number of unbranched alkanes of at least 4 members (excludes halogenated alkanes) is 10. The monoisotopic (exact) mass is 532 g/mol. The van der Waals surface area contributed by atoms with Crippen molar-refractivity contribution in [2.45, 2.75) is 83.6 Å². The van der Waals surface area contributed by atoms with Gasteiger partial charge in [0.2, 0.25) is 0 Å². The molecule has 0 rings (SSSR count). The lowest BCUT2D eigenvalue weighted by Crippen LogP contribution is -2.05. The molecule has 0 unspecified atom stereocenters. The Morgan fingerprint density at radius 1 is 0.826 bits per heavy atom. The molecule has 0 aromatic carbocycles. The highest BCUT2D eigenvalue weighted by Gasteiger charge is 2.20. The summed E-state index contributed by atoms with van der Waals surface area (Å²) in [5.74, 6) is -0.263. The Morgan fingerprint density at radius 3 is 1.61 bits per heavy atom. The average Bonchev–Trinajstić information content (AvgIpc) is 2.46. The van der Waals surface area contributed by atoms with E-state index in [-0.39, 0.29) is 5.97 Å². The number of carbonyl (C=O) groups excluding carboxylic acids is 1. The van der Waals surface area contributed by atoms with E-state index in [9.17, 15) is 4.79 Å². The molecule has 0 amide bonds. The normalized spacial score (nSPS) is 11.5. The van der Waals surface area contributed by atoms with Gasteiger partial charge in [0.05, 0.1) is 6.61 Å². The van der Waals surface area contributed by atoms with Crippen LogP contribution in [0.4, 0.5) is 0 Å². The second kappa shape index (κ2) is 15.1. The Labute approximate surface area is 166 Å². The van der Waals surface area contributed by atoms with Crippen LogP contribution in [0.2, 0.25) is 6.04 Å². The van der Waals surface area contributed by atoms with Crippen molar-refractivity contribution in [3.8, 4) is 0 Å². The number of ether oxygens (including phenoxy) is 1. The number of rotatable bonds is 15. The van der Waals surface area contributed by atoms with Crippen molar-refractivity contribution in [3.63, 3.8) is 0 Å². The van der Waals surface area contributed by atoms with E-state index in [0.29, 0.717) is 12.2 Å².